The summed E-state index contributed by atoms with van der Waals surface area (Å²) >= 11 is 0. The lowest BCUT2D eigenvalue weighted by molar-refractivity contribution is -0.130. The minimum absolute atomic E-state index is 0.0342. The van der Waals surface area contributed by atoms with Crippen molar-refractivity contribution in [2.75, 3.05) is 7.05 Å². The summed E-state index contributed by atoms with van der Waals surface area (Å²) in [5.74, 6) is 1.32. The first kappa shape index (κ1) is 24.3. The summed E-state index contributed by atoms with van der Waals surface area (Å²) in [7, 11) is 1.83. The lowest BCUT2D eigenvalue weighted by Gasteiger charge is -2.17. The molecule has 0 spiro atoms. The average molecular weight is 491 g/mol. The van der Waals surface area contributed by atoms with Crippen LogP contribution in [0.2, 0.25) is 0 Å². The first-order valence-electron chi connectivity index (χ1n) is 12.5. The van der Waals surface area contributed by atoms with Gasteiger partial charge in [-0.15, -0.1) is 0 Å². The first-order valence-corrected chi connectivity index (χ1v) is 12.5. The van der Waals surface area contributed by atoms with Gasteiger partial charge in [-0.3, -0.25) is 4.79 Å². The predicted molar refractivity (Wildman–Crippen MR) is 145 cm³/mol. The normalized spacial score (nSPS) is 11.0. The van der Waals surface area contributed by atoms with E-state index in [1.54, 1.807) is 4.90 Å². The molecule has 3 aromatic carbocycles. The lowest BCUT2D eigenvalue weighted by atomic mass is 10.1. The summed E-state index contributed by atoms with van der Waals surface area (Å²) in [5.41, 5.74) is 6.78. The molecule has 2 heterocycles. The van der Waals surface area contributed by atoms with Gasteiger partial charge in [0.2, 0.25) is 5.91 Å². The van der Waals surface area contributed by atoms with Crippen LogP contribution in [0.3, 0.4) is 0 Å². The van der Waals surface area contributed by atoms with Gasteiger partial charge >= 0.3 is 0 Å². The standard InChI is InChI=1S/C31H30N4O2/c1-22-27(23(2)35(33-22)26-17-11-6-12-18-26)21-34(3)29(36)20-19-28-32-30(24-13-7-4-8-14-24)31(37-28)25-15-9-5-10-16-25/h4-18H,19-21H2,1-3H3. The van der Waals surface area contributed by atoms with Crippen LogP contribution in [0.25, 0.3) is 28.3 Å². The smallest absolute Gasteiger partial charge is 0.223 e. The molecule has 2 aromatic heterocycles. The quantitative estimate of drug-likeness (QED) is 0.252. The Morgan fingerprint density at radius 2 is 1.46 bits per heavy atom. The van der Waals surface area contributed by atoms with Gasteiger partial charge < -0.3 is 9.32 Å². The number of hydrogen-bond donors (Lipinski definition) is 0. The molecule has 1 amide bonds. The summed E-state index contributed by atoms with van der Waals surface area (Å²) in [4.78, 5) is 19.6. The van der Waals surface area contributed by atoms with Crippen molar-refractivity contribution in [1.82, 2.24) is 19.7 Å². The zero-order valence-corrected chi connectivity index (χ0v) is 21.4. The van der Waals surface area contributed by atoms with Crippen LogP contribution in [-0.2, 0) is 17.8 Å². The fourth-order valence-electron chi connectivity index (χ4n) is 4.50. The summed E-state index contributed by atoms with van der Waals surface area (Å²) in [5, 5.41) is 4.71. The first-order chi connectivity index (χ1) is 18.0. The van der Waals surface area contributed by atoms with Crippen molar-refractivity contribution in [3.8, 4) is 28.3 Å². The number of carbonyl (C=O) groups excluding carboxylic acids is 1. The number of amides is 1. The molecule has 0 fully saturated rings. The van der Waals surface area contributed by atoms with Gasteiger partial charge in [0.05, 0.1) is 11.4 Å². The molecule has 0 aliphatic carbocycles. The van der Waals surface area contributed by atoms with Crippen molar-refractivity contribution in [2.45, 2.75) is 33.2 Å². The Morgan fingerprint density at radius 3 is 2.11 bits per heavy atom. The van der Waals surface area contributed by atoms with Gasteiger partial charge in [-0.1, -0.05) is 78.9 Å². The maximum atomic E-state index is 13.1. The molecule has 0 radical (unpaired) electrons. The third-order valence-corrected chi connectivity index (χ3v) is 6.57. The van der Waals surface area contributed by atoms with E-state index in [1.807, 2.05) is 117 Å². The van der Waals surface area contributed by atoms with Gasteiger partial charge in [0.1, 0.15) is 5.69 Å². The molecule has 0 bridgehead atoms. The van der Waals surface area contributed by atoms with Crippen molar-refractivity contribution < 1.29 is 9.21 Å². The SMILES string of the molecule is Cc1nn(-c2ccccc2)c(C)c1CN(C)C(=O)CCc1nc(-c2ccccc2)c(-c2ccccc2)o1. The molecule has 186 valence electrons. The topological polar surface area (TPSA) is 64.2 Å². The molecular weight excluding hydrogens is 460 g/mol. The average Bonchev–Trinajstić information content (AvgIpc) is 3.50. The molecule has 0 unspecified atom stereocenters. The van der Waals surface area contributed by atoms with Crippen LogP contribution in [0.1, 0.15) is 29.3 Å². The molecule has 5 rings (SSSR count). The molecule has 0 aliphatic heterocycles. The van der Waals surface area contributed by atoms with Crippen LogP contribution in [0.4, 0.5) is 0 Å². The van der Waals surface area contributed by atoms with Crippen LogP contribution in [0.5, 0.6) is 0 Å². The van der Waals surface area contributed by atoms with E-state index < -0.39 is 0 Å². The molecule has 5 aromatic rings. The Hall–Kier alpha value is -4.45. The van der Waals surface area contributed by atoms with Gasteiger partial charge in [-0.25, -0.2) is 9.67 Å². The monoisotopic (exact) mass is 490 g/mol. The third-order valence-electron chi connectivity index (χ3n) is 6.57. The zero-order chi connectivity index (χ0) is 25.8. The highest BCUT2D eigenvalue weighted by molar-refractivity contribution is 5.78. The maximum Gasteiger partial charge on any atom is 0.223 e. The Kier molecular flexibility index (Phi) is 6.99. The summed E-state index contributed by atoms with van der Waals surface area (Å²) in [6.45, 7) is 4.53. The Balaban J connectivity index is 1.30. The third kappa shape index (κ3) is 5.23. The van der Waals surface area contributed by atoms with E-state index >= 15 is 0 Å². The Labute approximate surface area is 217 Å². The fraction of sp³-hybridized carbons (Fsp3) is 0.194. The second kappa shape index (κ2) is 10.7. The van der Waals surface area contributed by atoms with E-state index in [2.05, 4.69) is 0 Å². The molecule has 0 N–H and O–H groups in total. The molecule has 37 heavy (non-hydrogen) atoms. The van der Waals surface area contributed by atoms with Crippen LogP contribution in [0, 0.1) is 13.8 Å². The molecule has 0 aliphatic rings. The minimum Gasteiger partial charge on any atom is -0.440 e. The number of hydrogen-bond acceptors (Lipinski definition) is 4. The number of rotatable bonds is 8. The van der Waals surface area contributed by atoms with E-state index in [4.69, 9.17) is 14.5 Å². The summed E-state index contributed by atoms with van der Waals surface area (Å²) < 4.78 is 8.14. The van der Waals surface area contributed by atoms with Gasteiger partial charge in [-0.05, 0) is 26.0 Å². The van der Waals surface area contributed by atoms with Crippen LogP contribution >= 0.6 is 0 Å². The Bertz CT molecular complexity index is 1430. The van der Waals surface area contributed by atoms with Crippen molar-refractivity contribution >= 4 is 5.91 Å². The summed E-state index contributed by atoms with van der Waals surface area (Å²) in [6.07, 6.45) is 0.738. The van der Waals surface area contributed by atoms with E-state index in [0.29, 0.717) is 25.3 Å². The molecule has 0 saturated heterocycles. The van der Waals surface area contributed by atoms with E-state index in [1.165, 1.54) is 0 Å². The van der Waals surface area contributed by atoms with E-state index in [-0.39, 0.29) is 5.91 Å². The van der Waals surface area contributed by atoms with Crippen molar-refractivity contribution in [3.05, 3.63) is 114 Å². The zero-order valence-electron chi connectivity index (χ0n) is 21.4. The minimum atomic E-state index is 0.0342. The van der Waals surface area contributed by atoms with Crippen molar-refractivity contribution in [1.29, 1.82) is 0 Å². The highest BCUT2D eigenvalue weighted by Gasteiger charge is 2.20. The molecule has 6 heteroatoms. The number of para-hydroxylation sites is 1. The van der Waals surface area contributed by atoms with E-state index in [0.717, 1.165) is 45.2 Å². The number of oxazole rings is 1. The molecule has 6 nitrogen and oxygen atoms in total. The second-order valence-corrected chi connectivity index (χ2v) is 9.16. The van der Waals surface area contributed by atoms with Crippen molar-refractivity contribution in [3.63, 3.8) is 0 Å². The van der Waals surface area contributed by atoms with Crippen LogP contribution in [0.15, 0.2) is 95.4 Å². The largest absolute Gasteiger partial charge is 0.440 e. The van der Waals surface area contributed by atoms with Crippen LogP contribution in [-0.4, -0.2) is 32.6 Å². The number of carbonyl (C=O) groups is 1. The van der Waals surface area contributed by atoms with Crippen LogP contribution < -0.4 is 0 Å². The Morgan fingerprint density at radius 1 is 0.865 bits per heavy atom. The highest BCUT2D eigenvalue weighted by Crippen LogP contribution is 2.33. The lowest BCUT2D eigenvalue weighted by Crippen LogP contribution is -2.27. The molecule has 0 atom stereocenters. The maximum absolute atomic E-state index is 13.1. The number of aromatic nitrogens is 3. The van der Waals surface area contributed by atoms with Gasteiger partial charge in [0.15, 0.2) is 11.7 Å². The van der Waals surface area contributed by atoms with Gasteiger partial charge in [-0.2, -0.15) is 5.10 Å². The highest BCUT2D eigenvalue weighted by atomic mass is 16.4. The molecule has 0 saturated carbocycles. The number of aryl methyl sites for hydroxylation is 2. The van der Waals surface area contributed by atoms with Gasteiger partial charge in [0, 0.05) is 48.8 Å². The second-order valence-electron chi connectivity index (χ2n) is 9.16. The number of nitrogens with zero attached hydrogens (tertiary/aromatic N) is 4. The number of benzene rings is 3. The summed E-state index contributed by atoms with van der Waals surface area (Å²) in [6, 6.07) is 30.0. The van der Waals surface area contributed by atoms with E-state index in [9.17, 15) is 4.79 Å². The molecular formula is C31H30N4O2. The fourth-order valence-corrected chi connectivity index (χ4v) is 4.50. The predicted octanol–water partition coefficient (Wildman–Crippen LogP) is 6.40. The van der Waals surface area contributed by atoms with Crippen molar-refractivity contribution in [2.24, 2.45) is 0 Å². The van der Waals surface area contributed by atoms with Gasteiger partial charge in [0.25, 0.3) is 0 Å².